The standard InChI is InChI=1S/C22H19FN4O/c23-17-9-7-15(8-10-17)14-27-13-3-6-19(27)21-25-26-22(28-21)20-18-5-2-1-4-16(18)11-12-24-20/h1-2,4-5,7-12,19H,3,6,13-14H2/t19-/m0/s1. The quantitative estimate of drug-likeness (QED) is 0.515. The number of benzene rings is 2. The van der Waals surface area contributed by atoms with Crippen LogP contribution in [0.15, 0.2) is 65.2 Å². The minimum Gasteiger partial charge on any atom is -0.418 e. The van der Waals surface area contributed by atoms with Crippen LogP contribution in [0.2, 0.25) is 0 Å². The molecule has 4 aromatic rings. The zero-order valence-electron chi connectivity index (χ0n) is 15.3. The van der Waals surface area contributed by atoms with E-state index in [9.17, 15) is 4.39 Å². The minimum atomic E-state index is -0.217. The molecule has 3 heterocycles. The number of hydrogen-bond donors (Lipinski definition) is 0. The van der Waals surface area contributed by atoms with Crippen LogP contribution in [0.4, 0.5) is 4.39 Å². The van der Waals surface area contributed by atoms with Crippen LogP contribution >= 0.6 is 0 Å². The number of pyridine rings is 1. The predicted octanol–water partition coefficient (Wildman–Crippen LogP) is 4.76. The molecule has 28 heavy (non-hydrogen) atoms. The van der Waals surface area contributed by atoms with E-state index in [0.29, 0.717) is 17.5 Å². The fraction of sp³-hybridized carbons (Fsp3) is 0.227. The third kappa shape index (κ3) is 3.16. The summed E-state index contributed by atoms with van der Waals surface area (Å²) in [5.74, 6) is 0.843. The summed E-state index contributed by atoms with van der Waals surface area (Å²) in [6.45, 7) is 1.68. The predicted molar refractivity (Wildman–Crippen MR) is 104 cm³/mol. The highest BCUT2D eigenvalue weighted by atomic mass is 19.1. The lowest BCUT2D eigenvalue weighted by molar-refractivity contribution is 0.215. The van der Waals surface area contributed by atoms with Crippen molar-refractivity contribution in [1.82, 2.24) is 20.1 Å². The highest BCUT2D eigenvalue weighted by molar-refractivity contribution is 5.92. The number of halogens is 1. The Morgan fingerprint density at radius 3 is 2.79 bits per heavy atom. The zero-order chi connectivity index (χ0) is 18.9. The van der Waals surface area contributed by atoms with Gasteiger partial charge in [-0.1, -0.05) is 36.4 Å². The third-order valence-electron chi connectivity index (χ3n) is 5.26. The van der Waals surface area contributed by atoms with Crippen LogP contribution in [0, 0.1) is 5.82 Å². The molecule has 140 valence electrons. The summed E-state index contributed by atoms with van der Waals surface area (Å²) in [5, 5.41) is 10.7. The van der Waals surface area contributed by atoms with Crippen molar-refractivity contribution < 1.29 is 8.81 Å². The molecule has 1 aliphatic heterocycles. The fourth-order valence-corrected chi connectivity index (χ4v) is 3.87. The van der Waals surface area contributed by atoms with E-state index >= 15 is 0 Å². The topological polar surface area (TPSA) is 55.1 Å². The van der Waals surface area contributed by atoms with Crippen molar-refractivity contribution in [2.75, 3.05) is 6.54 Å². The van der Waals surface area contributed by atoms with Crippen LogP contribution in [0.1, 0.15) is 30.3 Å². The number of hydrogen-bond acceptors (Lipinski definition) is 5. The van der Waals surface area contributed by atoms with Gasteiger partial charge in [0.05, 0.1) is 6.04 Å². The van der Waals surface area contributed by atoms with Gasteiger partial charge in [-0.05, 0) is 48.5 Å². The van der Waals surface area contributed by atoms with Crippen LogP contribution in [-0.2, 0) is 6.54 Å². The van der Waals surface area contributed by atoms with Crippen molar-refractivity contribution in [3.63, 3.8) is 0 Å². The summed E-state index contributed by atoms with van der Waals surface area (Å²) >= 11 is 0. The average Bonchev–Trinajstić information content (AvgIpc) is 3.38. The molecule has 5 rings (SSSR count). The van der Waals surface area contributed by atoms with Gasteiger partial charge >= 0.3 is 0 Å². The van der Waals surface area contributed by atoms with Gasteiger partial charge < -0.3 is 4.42 Å². The molecule has 0 bridgehead atoms. The molecule has 1 saturated heterocycles. The second-order valence-corrected chi connectivity index (χ2v) is 7.08. The molecule has 0 aliphatic carbocycles. The summed E-state index contributed by atoms with van der Waals surface area (Å²) < 4.78 is 19.2. The highest BCUT2D eigenvalue weighted by Gasteiger charge is 2.31. The van der Waals surface area contributed by atoms with E-state index in [2.05, 4.69) is 20.1 Å². The van der Waals surface area contributed by atoms with E-state index in [0.717, 1.165) is 42.3 Å². The van der Waals surface area contributed by atoms with Crippen LogP contribution in [0.5, 0.6) is 0 Å². The van der Waals surface area contributed by atoms with E-state index in [1.165, 1.54) is 12.1 Å². The number of likely N-dealkylation sites (tertiary alicyclic amines) is 1. The van der Waals surface area contributed by atoms with Crippen molar-refractivity contribution in [2.45, 2.75) is 25.4 Å². The van der Waals surface area contributed by atoms with Crippen molar-refractivity contribution in [2.24, 2.45) is 0 Å². The Balaban J connectivity index is 1.42. The first-order valence-corrected chi connectivity index (χ1v) is 9.44. The Morgan fingerprint density at radius 2 is 1.89 bits per heavy atom. The molecule has 0 saturated carbocycles. The van der Waals surface area contributed by atoms with Gasteiger partial charge in [0.25, 0.3) is 5.89 Å². The molecular formula is C22H19FN4O. The van der Waals surface area contributed by atoms with Crippen LogP contribution in [-0.4, -0.2) is 26.6 Å². The van der Waals surface area contributed by atoms with Crippen LogP contribution in [0.25, 0.3) is 22.4 Å². The SMILES string of the molecule is Fc1ccc(CN2CCC[C@H]2c2nnc(-c3nccc4ccccc34)o2)cc1. The fourth-order valence-electron chi connectivity index (χ4n) is 3.87. The van der Waals surface area contributed by atoms with Crippen LogP contribution < -0.4 is 0 Å². The zero-order valence-corrected chi connectivity index (χ0v) is 15.3. The first-order chi connectivity index (χ1) is 13.8. The van der Waals surface area contributed by atoms with Crippen LogP contribution in [0.3, 0.4) is 0 Å². The second-order valence-electron chi connectivity index (χ2n) is 7.08. The van der Waals surface area contributed by atoms with E-state index in [1.807, 2.05) is 42.5 Å². The van der Waals surface area contributed by atoms with Gasteiger partial charge in [-0.3, -0.25) is 9.88 Å². The third-order valence-corrected chi connectivity index (χ3v) is 5.26. The summed E-state index contributed by atoms with van der Waals surface area (Å²) in [5.41, 5.74) is 1.78. The van der Waals surface area contributed by atoms with E-state index in [1.54, 1.807) is 6.20 Å². The maximum Gasteiger partial charge on any atom is 0.266 e. The number of rotatable bonds is 4. The summed E-state index contributed by atoms with van der Waals surface area (Å²) in [4.78, 5) is 6.77. The first-order valence-electron chi connectivity index (χ1n) is 9.44. The average molecular weight is 374 g/mol. The lowest BCUT2D eigenvalue weighted by atomic mass is 10.1. The molecule has 2 aromatic carbocycles. The molecule has 0 unspecified atom stereocenters. The van der Waals surface area contributed by atoms with E-state index in [-0.39, 0.29) is 11.9 Å². The van der Waals surface area contributed by atoms with Gasteiger partial charge in [-0.15, -0.1) is 10.2 Å². The highest BCUT2D eigenvalue weighted by Crippen LogP contribution is 2.34. The van der Waals surface area contributed by atoms with E-state index < -0.39 is 0 Å². The molecule has 6 heteroatoms. The van der Waals surface area contributed by atoms with Gasteiger partial charge in [0.15, 0.2) is 0 Å². The first kappa shape index (κ1) is 17.0. The molecule has 1 aliphatic rings. The Kier molecular flexibility index (Phi) is 4.33. The summed E-state index contributed by atoms with van der Waals surface area (Å²) in [7, 11) is 0. The van der Waals surface area contributed by atoms with Crippen molar-refractivity contribution in [1.29, 1.82) is 0 Å². The normalized spacial score (nSPS) is 17.4. The monoisotopic (exact) mass is 374 g/mol. The number of fused-ring (bicyclic) bond motifs is 1. The Morgan fingerprint density at radius 1 is 1.04 bits per heavy atom. The minimum absolute atomic E-state index is 0.0706. The maximum absolute atomic E-state index is 13.2. The number of aromatic nitrogens is 3. The van der Waals surface area contributed by atoms with Gasteiger partial charge in [-0.25, -0.2) is 4.39 Å². The lowest BCUT2D eigenvalue weighted by Crippen LogP contribution is -2.23. The molecule has 5 nitrogen and oxygen atoms in total. The van der Waals surface area contributed by atoms with Gasteiger partial charge in [-0.2, -0.15) is 0 Å². The Hall–Kier alpha value is -3.12. The molecule has 0 spiro atoms. The molecular weight excluding hydrogens is 355 g/mol. The Bertz CT molecular complexity index is 1100. The van der Waals surface area contributed by atoms with Gasteiger partial charge in [0.1, 0.15) is 11.5 Å². The van der Waals surface area contributed by atoms with Crippen molar-refractivity contribution >= 4 is 10.8 Å². The Labute approximate surface area is 161 Å². The summed E-state index contributed by atoms with van der Waals surface area (Å²) in [6.07, 6.45) is 3.79. The van der Waals surface area contributed by atoms with Gasteiger partial charge in [0, 0.05) is 18.1 Å². The molecule has 1 atom stereocenters. The van der Waals surface area contributed by atoms with Crippen molar-refractivity contribution in [3.8, 4) is 11.6 Å². The number of nitrogens with zero attached hydrogens (tertiary/aromatic N) is 4. The maximum atomic E-state index is 13.2. The molecule has 1 fully saturated rings. The largest absolute Gasteiger partial charge is 0.418 e. The molecule has 0 N–H and O–H groups in total. The molecule has 0 radical (unpaired) electrons. The lowest BCUT2D eigenvalue weighted by Gasteiger charge is -2.21. The molecule has 0 amide bonds. The summed E-state index contributed by atoms with van der Waals surface area (Å²) in [6, 6.07) is 16.7. The smallest absolute Gasteiger partial charge is 0.266 e. The second kappa shape index (κ2) is 7.13. The van der Waals surface area contributed by atoms with Gasteiger partial charge in [0.2, 0.25) is 5.89 Å². The molecule has 2 aromatic heterocycles. The van der Waals surface area contributed by atoms with E-state index in [4.69, 9.17) is 4.42 Å². The van der Waals surface area contributed by atoms with Crippen molar-refractivity contribution in [3.05, 3.63) is 78.1 Å².